The third-order valence-corrected chi connectivity index (χ3v) is 3.15. The quantitative estimate of drug-likeness (QED) is 0.550. The molecule has 0 aliphatic heterocycles. The van der Waals surface area contributed by atoms with Gasteiger partial charge in [-0.1, -0.05) is 42.5 Å². The molecule has 2 aromatic rings. The second-order valence-corrected chi connectivity index (χ2v) is 4.39. The highest BCUT2D eigenvalue weighted by atomic mass is 32.2. The summed E-state index contributed by atoms with van der Waals surface area (Å²) in [5.41, 5.74) is 2.74. The van der Waals surface area contributed by atoms with Crippen molar-refractivity contribution in [3.8, 4) is 0 Å². The van der Waals surface area contributed by atoms with Crippen LogP contribution >= 0.6 is 11.8 Å². The van der Waals surface area contributed by atoms with Crippen LogP contribution in [-0.4, -0.2) is 6.26 Å². The Kier molecular flexibility index (Phi) is 6.19. The number of rotatable bonds is 3. The van der Waals surface area contributed by atoms with E-state index in [4.69, 9.17) is 0 Å². The molecule has 0 unspecified atom stereocenters. The van der Waals surface area contributed by atoms with Crippen LogP contribution in [0, 0.1) is 0 Å². The van der Waals surface area contributed by atoms with E-state index in [0.29, 0.717) is 0 Å². The molecule has 0 heterocycles. The Morgan fingerprint density at radius 1 is 0.824 bits per heavy atom. The van der Waals surface area contributed by atoms with Crippen molar-refractivity contribution in [2.45, 2.75) is 11.3 Å². The minimum atomic E-state index is 1.02. The second-order valence-electron chi connectivity index (χ2n) is 3.51. The maximum Gasteiger partial charge on any atom is 0.00693 e. The molecule has 0 nitrogen and oxygen atoms in total. The lowest BCUT2D eigenvalue weighted by Gasteiger charge is -2.02. The lowest BCUT2D eigenvalue weighted by atomic mass is 10.1. The molecule has 0 radical (unpaired) electrons. The van der Waals surface area contributed by atoms with Gasteiger partial charge >= 0.3 is 0 Å². The molecule has 0 amide bonds. The Balaban J connectivity index is 0.000000686. The summed E-state index contributed by atoms with van der Waals surface area (Å²) in [7, 11) is 0. The average Bonchev–Trinajstić information content (AvgIpc) is 2.43. The van der Waals surface area contributed by atoms with Crippen molar-refractivity contribution in [1.29, 1.82) is 0 Å². The van der Waals surface area contributed by atoms with Crippen LogP contribution < -0.4 is 0 Å². The molecule has 2 rings (SSSR count). The van der Waals surface area contributed by atoms with E-state index in [1.165, 1.54) is 16.0 Å². The zero-order valence-corrected chi connectivity index (χ0v) is 11.0. The molecule has 1 heteroatoms. The standard InChI is InChI=1S/C14H14S.C2H4/c1-15-14-9-7-13(8-10-14)11-12-5-3-2-4-6-12;1-2/h2-10H,11H2,1H3;1-2H2. The molecule has 0 N–H and O–H groups in total. The van der Waals surface area contributed by atoms with Crippen molar-refractivity contribution in [1.82, 2.24) is 0 Å². The monoisotopic (exact) mass is 242 g/mol. The minimum absolute atomic E-state index is 1.02. The van der Waals surface area contributed by atoms with E-state index in [1.54, 1.807) is 11.8 Å². The smallest absolute Gasteiger partial charge is 0.00693 e. The van der Waals surface area contributed by atoms with Gasteiger partial charge in [0.25, 0.3) is 0 Å². The molecule has 0 spiro atoms. The molecule has 0 aromatic heterocycles. The van der Waals surface area contributed by atoms with Crippen LogP contribution in [-0.2, 0) is 6.42 Å². The van der Waals surface area contributed by atoms with E-state index >= 15 is 0 Å². The summed E-state index contributed by atoms with van der Waals surface area (Å²) in [5, 5.41) is 0. The van der Waals surface area contributed by atoms with Crippen molar-refractivity contribution in [3.05, 3.63) is 78.9 Å². The van der Waals surface area contributed by atoms with Crippen LogP contribution in [0.5, 0.6) is 0 Å². The summed E-state index contributed by atoms with van der Waals surface area (Å²) >= 11 is 1.78. The average molecular weight is 242 g/mol. The number of hydrogen-bond acceptors (Lipinski definition) is 1. The Hall–Kier alpha value is -1.47. The molecule has 0 fully saturated rings. The maximum atomic E-state index is 3.00. The Morgan fingerprint density at radius 3 is 1.88 bits per heavy atom. The van der Waals surface area contributed by atoms with Gasteiger partial charge in [-0.3, -0.25) is 0 Å². The first kappa shape index (κ1) is 13.6. The molecule has 17 heavy (non-hydrogen) atoms. The maximum absolute atomic E-state index is 3.00. The van der Waals surface area contributed by atoms with Crippen molar-refractivity contribution >= 4 is 11.8 Å². The highest BCUT2D eigenvalue weighted by Crippen LogP contribution is 2.16. The summed E-state index contributed by atoms with van der Waals surface area (Å²) in [6, 6.07) is 19.4. The first-order valence-electron chi connectivity index (χ1n) is 5.55. The van der Waals surface area contributed by atoms with Crippen LogP contribution in [0.2, 0.25) is 0 Å². The predicted octanol–water partition coefficient (Wildman–Crippen LogP) is 4.80. The largest absolute Gasteiger partial charge is 0.130 e. The fourth-order valence-corrected chi connectivity index (χ4v) is 1.98. The molecule has 0 saturated carbocycles. The Morgan fingerprint density at radius 2 is 1.35 bits per heavy atom. The number of thioether (sulfide) groups is 1. The number of benzene rings is 2. The molecular weight excluding hydrogens is 224 g/mol. The third kappa shape index (κ3) is 4.49. The van der Waals surface area contributed by atoms with E-state index in [2.05, 4.69) is 74.0 Å². The van der Waals surface area contributed by atoms with Gasteiger partial charge in [-0.15, -0.1) is 24.9 Å². The molecule has 0 bridgehead atoms. The van der Waals surface area contributed by atoms with E-state index in [1.807, 2.05) is 0 Å². The zero-order chi connectivity index (χ0) is 12.5. The Bertz CT molecular complexity index is 417. The van der Waals surface area contributed by atoms with E-state index in [9.17, 15) is 0 Å². The van der Waals surface area contributed by atoms with Gasteiger partial charge in [0, 0.05) is 4.90 Å². The predicted molar refractivity (Wildman–Crippen MR) is 78.7 cm³/mol. The van der Waals surface area contributed by atoms with E-state index < -0.39 is 0 Å². The summed E-state index contributed by atoms with van der Waals surface area (Å²) in [5.74, 6) is 0. The van der Waals surface area contributed by atoms with Crippen molar-refractivity contribution in [2.75, 3.05) is 6.26 Å². The highest BCUT2D eigenvalue weighted by Gasteiger charge is 1.95. The second kappa shape index (κ2) is 7.75. The van der Waals surface area contributed by atoms with Gasteiger partial charge in [0.05, 0.1) is 0 Å². The first-order chi connectivity index (χ1) is 8.38. The molecule has 2 aromatic carbocycles. The van der Waals surface area contributed by atoms with Crippen LogP contribution in [0.25, 0.3) is 0 Å². The SMILES string of the molecule is C=C.CSc1ccc(Cc2ccccc2)cc1. The number of hydrogen-bond donors (Lipinski definition) is 0. The van der Waals surface area contributed by atoms with Gasteiger partial charge in [0.2, 0.25) is 0 Å². The summed E-state index contributed by atoms with van der Waals surface area (Å²) in [6.45, 7) is 6.00. The lowest BCUT2D eigenvalue weighted by molar-refractivity contribution is 1.18. The van der Waals surface area contributed by atoms with Gasteiger partial charge < -0.3 is 0 Å². The van der Waals surface area contributed by atoms with Gasteiger partial charge in [-0.25, -0.2) is 0 Å². The summed E-state index contributed by atoms with van der Waals surface area (Å²) in [6.07, 6.45) is 3.13. The van der Waals surface area contributed by atoms with Crippen LogP contribution in [0.1, 0.15) is 11.1 Å². The third-order valence-electron chi connectivity index (χ3n) is 2.41. The van der Waals surface area contributed by atoms with Gasteiger partial charge in [-0.05, 0) is 35.9 Å². The van der Waals surface area contributed by atoms with Crippen molar-refractivity contribution in [3.63, 3.8) is 0 Å². The normalized spacial score (nSPS) is 9.24. The van der Waals surface area contributed by atoms with Crippen LogP contribution in [0.3, 0.4) is 0 Å². The van der Waals surface area contributed by atoms with Crippen molar-refractivity contribution in [2.24, 2.45) is 0 Å². The minimum Gasteiger partial charge on any atom is -0.130 e. The highest BCUT2D eigenvalue weighted by molar-refractivity contribution is 7.98. The first-order valence-corrected chi connectivity index (χ1v) is 6.78. The van der Waals surface area contributed by atoms with Crippen molar-refractivity contribution < 1.29 is 0 Å². The fourth-order valence-electron chi connectivity index (χ4n) is 1.57. The fraction of sp³-hybridized carbons (Fsp3) is 0.125. The molecule has 0 aliphatic rings. The summed E-state index contributed by atoms with van der Waals surface area (Å²) in [4.78, 5) is 1.33. The van der Waals surface area contributed by atoms with Crippen LogP contribution in [0.4, 0.5) is 0 Å². The lowest BCUT2D eigenvalue weighted by Crippen LogP contribution is -1.86. The molecule has 88 valence electrons. The van der Waals surface area contributed by atoms with Gasteiger partial charge in [0.1, 0.15) is 0 Å². The molecule has 0 aliphatic carbocycles. The van der Waals surface area contributed by atoms with Gasteiger partial charge in [0.15, 0.2) is 0 Å². The van der Waals surface area contributed by atoms with E-state index in [0.717, 1.165) is 6.42 Å². The molecular formula is C16H18S. The zero-order valence-electron chi connectivity index (χ0n) is 10.2. The van der Waals surface area contributed by atoms with Crippen LogP contribution in [0.15, 0.2) is 72.7 Å². The molecule has 0 saturated heterocycles. The topological polar surface area (TPSA) is 0 Å². The Labute approximate surface area is 108 Å². The van der Waals surface area contributed by atoms with E-state index in [-0.39, 0.29) is 0 Å². The molecule has 0 atom stereocenters. The van der Waals surface area contributed by atoms with Gasteiger partial charge in [-0.2, -0.15) is 0 Å². The summed E-state index contributed by atoms with van der Waals surface area (Å²) < 4.78 is 0.